The topological polar surface area (TPSA) is 56.3 Å². The molecule has 2 heterocycles. The number of nitrogens with zero attached hydrogens (tertiary/aromatic N) is 2. The van der Waals surface area contributed by atoms with Gasteiger partial charge in [-0.05, 0) is 19.3 Å². The first-order valence-electron chi connectivity index (χ1n) is 7.72. The van der Waals surface area contributed by atoms with E-state index in [-0.39, 0.29) is 6.10 Å². The molecule has 110 valence electrons. The standard InChI is InChI=1S/C15H23N3O2/c1-2-7-16-13-10-14(18-15(17-13)11-3-4-11)20-12-5-8-19-9-6-12/h10-12H,2-9H2,1H3,(H,16,17,18). The number of anilines is 1. The van der Waals surface area contributed by atoms with Crippen LogP contribution in [0.5, 0.6) is 5.88 Å². The lowest BCUT2D eigenvalue weighted by molar-refractivity contribution is 0.0236. The van der Waals surface area contributed by atoms with Crippen LogP contribution < -0.4 is 10.1 Å². The Balaban J connectivity index is 1.71. The zero-order valence-electron chi connectivity index (χ0n) is 12.1. The Bertz CT molecular complexity index is 443. The molecule has 3 rings (SSSR count). The number of hydrogen-bond donors (Lipinski definition) is 1. The van der Waals surface area contributed by atoms with Gasteiger partial charge < -0.3 is 14.8 Å². The van der Waals surface area contributed by atoms with E-state index in [0.29, 0.717) is 11.8 Å². The Labute approximate surface area is 120 Å². The fourth-order valence-electron chi connectivity index (χ4n) is 2.34. The Kier molecular flexibility index (Phi) is 4.35. The number of aromatic nitrogens is 2. The molecule has 1 saturated heterocycles. The highest BCUT2D eigenvalue weighted by molar-refractivity contribution is 5.39. The van der Waals surface area contributed by atoms with Crippen LogP contribution in [-0.4, -0.2) is 35.8 Å². The maximum atomic E-state index is 6.02. The second-order valence-electron chi connectivity index (χ2n) is 5.58. The second kappa shape index (κ2) is 6.39. The Morgan fingerprint density at radius 2 is 2.05 bits per heavy atom. The van der Waals surface area contributed by atoms with E-state index in [2.05, 4.69) is 22.2 Å². The molecule has 1 aromatic rings. The van der Waals surface area contributed by atoms with E-state index >= 15 is 0 Å². The Morgan fingerprint density at radius 3 is 2.75 bits per heavy atom. The van der Waals surface area contributed by atoms with E-state index in [1.807, 2.05) is 6.07 Å². The van der Waals surface area contributed by atoms with Crippen LogP contribution in [0, 0.1) is 0 Å². The molecular weight excluding hydrogens is 254 g/mol. The van der Waals surface area contributed by atoms with Gasteiger partial charge in [0.25, 0.3) is 0 Å². The van der Waals surface area contributed by atoms with Crippen molar-refractivity contribution in [1.29, 1.82) is 0 Å². The summed E-state index contributed by atoms with van der Waals surface area (Å²) < 4.78 is 11.4. The summed E-state index contributed by atoms with van der Waals surface area (Å²) in [6.07, 6.45) is 5.60. The molecule has 5 heteroatoms. The van der Waals surface area contributed by atoms with Crippen LogP contribution in [0.15, 0.2) is 6.07 Å². The highest BCUT2D eigenvalue weighted by Crippen LogP contribution is 2.39. The van der Waals surface area contributed by atoms with Crippen molar-refractivity contribution >= 4 is 5.82 Å². The van der Waals surface area contributed by atoms with Gasteiger partial charge in [0.1, 0.15) is 17.7 Å². The fraction of sp³-hybridized carbons (Fsp3) is 0.733. The summed E-state index contributed by atoms with van der Waals surface area (Å²) in [6.45, 7) is 4.64. The third-order valence-corrected chi connectivity index (χ3v) is 3.67. The first kappa shape index (κ1) is 13.6. The lowest BCUT2D eigenvalue weighted by atomic mass is 10.1. The minimum atomic E-state index is 0.227. The molecule has 0 atom stereocenters. The van der Waals surface area contributed by atoms with Crippen molar-refractivity contribution in [3.8, 4) is 5.88 Å². The van der Waals surface area contributed by atoms with E-state index in [1.165, 1.54) is 12.8 Å². The molecule has 1 N–H and O–H groups in total. The summed E-state index contributed by atoms with van der Waals surface area (Å²) in [5, 5.41) is 3.34. The first-order chi connectivity index (χ1) is 9.85. The van der Waals surface area contributed by atoms with E-state index in [0.717, 1.165) is 50.7 Å². The van der Waals surface area contributed by atoms with Gasteiger partial charge in [-0.3, -0.25) is 0 Å². The van der Waals surface area contributed by atoms with Crippen molar-refractivity contribution in [2.24, 2.45) is 0 Å². The Morgan fingerprint density at radius 1 is 1.25 bits per heavy atom. The van der Waals surface area contributed by atoms with Gasteiger partial charge in [0.15, 0.2) is 0 Å². The van der Waals surface area contributed by atoms with Gasteiger partial charge in [-0.25, -0.2) is 4.98 Å². The highest BCUT2D eigenvalue weighted by Gasteiger charge is 2.28. The van der Waals surface area contributed by atoms with Gasteiger partial charge in [0.2, 0.25) is 5.88 Å². The van der Waals surface area contributed by atoms with Crippen molar-refractivity contribution in [1.82, 2.24) is 9.97 Å². The molecule has 1 saturated carbocycles. The van der Waals surface area contributed by atoms with Crippen LogP contribution in [0.4, 0.5) is 5.82 Å². The van der Waals surface area contributed by atoms with E-state index in [1.54, 1.807) is 0 Å². The summed E-state index contributed by atoms with van der Waals surface area (Å²) in [5.41, 5.74) is 0. The van der Waals surface area contributed by atoms with Gasteiger partial charge in [-0.15, -0.1) is 0 Å². The van der Waals surface area contributed by atoms with Crippen LogP contribution in [0.25, 0.3) is 0 Å². The van der Waals surface area contributed by atoms with Crippen LogP contribution in [0.2, 0.25) is 0 Å². The molecule has 5 nitrogen and oxygen atoms in total. The van der Waals surface area contributed by atoms with Crippen molar-refractivity contribution in [3.63, 3.8) is 0 Å². The minimum absolute atomic E-state index is 0.227. The van der Waals surface area contributed by atoms with Crippen LogP contribution in [0.1, 0.15) is 50.8 Å². The molecule has 0 bridgehead atoms. The molecule has 2 fully saturated rings. The summed E-state index contributed by atoms with van der Waals surface area (Å²) in [6, 6.07) is 1.93. The number of ether oxygens (including phenoxy) is 2. The molecule has 1 aromatic heterocycles. The van der Waals surface area contributed by atoms with Gasteiger partial charge in [0, 0.05) is 31.4 Å². The molecule has 0 spiro atoms. The lowest BCUT2D eigenvalue weighted by Gasteiger charge is -2.23. The molecule has 0 amide bonds. The second-order valence-corrected chi connectivity index (χ2v) is 5.58. The summed E-state index contributed by atoms with van der Waals surface area (Å²) in [4.78, 5) is 9.18. The van der Waals surface area contributed by atoms with Crippen LogP contribution in [-0.2, 0) is 4.74 Å². The molecule has 0 aromatic carbocycles. The SMILES string of the molecule is CCCNc1cc(OC2CCOCC2)nc(C2CC2)n1. The monoisotopic (exact) mass is 277 g/mol. The molecule has 1 aliphatic carbocycles. The minimum Gasteiger partial charge on any atom is -0.474 e. The molecule has 20 heavy (non-hydrogen) atoms. The van der Waals surface area contributed by atoms with Gasteiger partial charge in [-0.1, -0.05) is 6.92 Å². The van der Waals surface area contributed by atoms with Gasteiger partial charge in [-0.2, -0.15) is 4.98 Å². The van der Waals surface area contributed by atoms with Gasteiger partial charge >= 0.3 is 0 Å². The van der Waals surface area contributed by atoms with Crippen molar-refractivity contribution < 1.29 is 9.47 Å². The van der Waals surface area contributed by atoms with Crippen LogP contribution >= 0.6 is 0 Å². The van der Waals surface area contributed by atoms with Crippen molar-refractivity contribution in [3.05, 3.63) is 11.9 Å². The highest BCUT2D eigenvalue weighted by atomic mass is 16.5. The summed E-state index contributed by atoms with van der Waals surface area (Å²) >= 11 is 0. The molecular formula is C15H23N3O2. The molecule has 0 radical (unpaired) electrons. The third kappa shape index (κ3) is 3.60. The number of nitrogens with one attached hydrogen (secondary N) is 1. The molecule has 1 aliphatic heterocycles. The predicted molar refractivity (Wildman–Crippen MR) is 77.3 cm³/mol. The quantitative estimate of drug-likeness (QED) is 0.866. The van der Waals surface area contributed by atoms with Crippen LogP contribution in [0.3, 0.4) is 0 Å². The van der Waals surface area contributed by atoms with Gasteiger partial charge in [0.05, 0.1) is 13.2 Å². The largest absolute Gasteiger partial charge is 0.474 e. The lowest BCUT2D eigenvalue weighted by Crippen LogP contribution is -2.26. The average Bonchev–Trinajstić information content (AvgIpc) is 3.31. The summed E-state index contributed by atoms with van der Waals surface area (Å²) in [7, 11) is 0. The molecule has 0 unspecified atom stereocenters. The zero-order chi connectivity index (χ0) is 13.8. The van der Waals surface area contributed by atoms with E-state index < -0.39 is 0 Å². The maximum Gasteiger partial charge on any atom is 0.219 e. The molecule has 2 aliphatic rings. The first-order valence-corrected chi connectivity index (χ1v) is 7.72. The normalized spacial score (nSPS) is 19.9. The van der Waals surface area contributed by atoms with Crippen molar-refractivity contribution in [2.75, 3.05) is 25.1 Å². The summed E-state index contributed by atoms with van der Waals surface area (Å²) in [5.74, 6) is 3.08. The fourth-order valence-corrected chi connectivity index (χ4v) is 2.34. The average molecular weight is 277 g/mol. The maximum absolute atomic E-state index is 6.02. The zero-order valence-corrected chi connectivity index (χ0v) is 12.1. The number of hydrogen-bond acceptors (Lipinski definition) is 5. The van der Waals surface area contributed by atoms with E-state index in [9.17, 15) is 0 Å². The smallest absolute Gasteiger partial charge is 0.219 e. The Hall–Kier alpha value is -1.36. The van der Waals surface area contributed by atoms with E-state index in [4.69, 9.17) is 9.47 Å². The van der Waals surface area contributed by atoms with Crippen molar-refractivity contribution in [2.45, 2.75) is 51.0 Å². The number of rotatable bonds is 6. The predicted octanol–water partition coefficient (Wildman–Crippen LogP) is 2.73. The third-order valence-electron chi connectivity index (χ3n) is 3.67.